The van der Waals surface area contributed by atoms with E-state index in [-0.39, 0.29) is 23.1 Å². The molecule has 1 N–H and O–H groups in total. The molecule has 0 radical (unpaired) electrons. The van der Waals surface area contributed by atoms with Gasteiger partial charge in [-0.25, -0.2) is 0 Å². The summed E-state index contributed by atoms with van der Waals surface area (Å²) in [4.78, 5) is 23.5. The Morgan fingerprint density at radius 2 is 2.00 bits per heavy atom. The maximum absolute atomic E-state index is 11.9. The van der Waals surface area contributed by atoms with Gasteiger partial charge >= 0.3 is 0 Å². The molecule has 17 heavy (non-hydrogen) atoms. The summed E-state index contributed by atoms with van der Waals surface area (Å²) in [5.74, 6) is -0.173. The van der Waals surface area contributed by atoms with Gasteiger partial charge in [-0.1, -0.05) is 6.92 Å². The molecule has 2 fully saturated rings. The lowest BCUT2D eigenvalue weighted by Gasteiger charge is -2.46. The third kappa shape index (κ3) is 2.23. The van der Waals surface area contributed by atoms with E-state index in [4.69, 9.17) is 4.74 Å². The first-order valence-corrected chi connectivity index (χ1v) is 6.48. The van der Waals surface area contributed by atoms with Crippen molar-refractivity contribution < 1.29 is 14.3 Å². The van der Waals surface area contributed by atoms with Gasteiger partial charge in [-0.3, -0.25) is 14.9 Å². The van der Waals surface area contributed by atoms with E-state index in [2.05, 4.69) is 5.32 Å². The number of ether oxygens (including phenoxy) is 1. The minimum absolute atomic E-state index is 0.00185. The number of carbonyl (C=O) groups excluding carboxylic acids is 2. The summed E-state index contributed by atoms with van der Waals surface area (Å²) in [6.07, 6.45) is 5.43. The predicted octanol–water partition coefficient (Wildman–Crippen LogP) is 1.63. The fraction of sp³-hybridized carbons (Fsp3) is 0.846. The Balaban J connectivity index is 2.16. The van der Waals surface area contributed by atoms with E-state index in [1.54, 1.807) is 7.11 Å². The van der Waals surface area contributed by atoms with E-state index in [0.29, 0.717) is 12.5 Å². The number of nitrogens with one attached hydrogen (secondary N) is 1. The van der Waals surface area contributed by atoms with Crippen LogP contribution in [-0.2, 0) is 14.3 Å². The fourth-order valence-corrected chi connectivity index (χ4v) is 3.54. The number of methoxy groups -OCH3 is 1. The molecular weight excluding hydrogens is 218 g/mol. The molecule has 1 aliphatic heterocycles. The van der Waals surface area contributed by atoms with Crippen molar-refractivity contribution in [3.63, 3.8) is 0 Å². The Morgan fingerprint density at radius 3 is 2.53 bits per heavy atom. The highest BCUT2D eigenvalue weighted by Gasteiger charge is 2.48. The fourth-order valence-electron chi connectivity index (χ4n) is 3.54. The zero-order valence-electron chi connectivity index (χ0n) is 10.6. The molecule has 1 aliphatic carbocycles. The number of hydrogen-bond acceptors (Lipinski definition) is 3. The minimum atomic E-state index is -0.101. The first kappa shape index (κ1) is 12.6. The van der Waals surface area contributed by atoms with Gasteiger partial charge in [0.05, 0.1) is 6.10 Å². The van der Waals surface area contributed by atoms with E-state index in [0.717, 1.165) is 32.1 Å². The summed E-state index contributed by atoms with van der Waals surface area (Å²) >= 11 is 0. The summed E-state index contributed by atoms with van der Waals surface area (Å²) in [6, 6.07) is 0. The normalized spacial score (nSPS) is 38.2. The minimum Gasteiger partial charge on any atom is -0.381 e. The van der Waals surface area contributed by atoms with Gasteiger partial charge in [0.25, 0.3) is 0 Å². The predicted molar refractivity (Wildman–Crippen MR) is 63.2 cm³/mol. The molecule has 4 nitrogen and oxygen atoms in total. The van der Waals surface area contributed by atoms with Crippen LogP contribution in [0.4, 0.5) is 0 Å². The second kappa shape index (κ2) is 4.77. The molecule has 1 saturated carbocycles. The molecular formula is C13H21NO3. The van der Waals surface area contributed by atoms with Crippen LogP contribution in [0.15, 0.2) is 0 Å². The van der Waals surface area contributed by atoms with Crippen molar-refractivity contribution in [3.05, 3.63) is 0 Å². The van der Waals surface area contributed by atoms with Gasteiger partial charge in [0, 0.05) is 19.4 Å². The van der Waals surface area contributed by atoms with Crippen molar-refractivity contribution in [2.24, 2.45) is 11.3 Å². The Labute approximate surface area is 102 Å². The lowest BCUT2D eigenvalue weighted by molar-refractivity contribution is -0.147. The highest BCUT2D eigenvalue weighted by atomic mass is 16.5. The van der Waals surface area contributed by atoms with Crippen LogP contribution in [0.2, 0.25) is 0 Å². The molecule has 2 aliphatic rings. The van der Waals surface area contributed by atoms with E-state index >= 15 is 0 Å². The highest BCUT2D eigenvalue weighted by Crippen LogP contribution is 2.48. The summed E-state index contributed by atoms with van der Waals surface area (Å²) < 4.78 is 5.36. The maximum Gasteiger partial charge on any atom is 0.230 e. The third-order valence-corrected chi connectivity index (χ3v) is 4.50. The van der Waals surface area contributed by atoms with Crippen molar-refractivity contribution >= 4 is 11.8 Å². The SMILES string of the molecule is CCC1C(=O)NC(=O)CC12CCC(OC)CC2. The molecule has 0 aromatic rings. The molecule has 1 heterocycles. The molecule has 2 amide bonds. The van der Waals surface area contributed by atoms with Crippen LogP contribution < -0.4 is 5.32 Å². The Morgan fingerprint density at radius 1 is 1.35 bits per heavy atom. The first-order chi connectivity index (χ1) is 8.11. The molecule has 1 saturated heterocycles. The van der Waals surface area contributed by atoms with Gasteiger partial charge in [0.15, 0.2) is 0 Å². The summed E-state index contributed by atoms with van der Waals surface area (Å²) in [6.45, 7) is 2.03. The molecule has 96 valence electrons. The molecule has 1 unspecified atom stereocenters. The topological polar surface area (TPSA) is 55.4 Å². The summed E-state index contributed by atoms with van der Waals surface area (Å²) in [5, 5.41) is 2.47. The van der Waals surface area contributed by atoms with Gasteiger partial charge < -0.3 is 4.74 Å². The Hall–Kier alpha value is -0.900. The standard InChI is InChI=1S/C13H21NO3/c1-3-10-12(16)14-11(15)8-13(10)6-4-9(17-2)5-7-13/h9-10H,3-8H2,1-2H3,(H,14,15,16). The van der Waals surface area contributed by atoms with E-state index in [1.807, 2.05) is 6.92 Å². The van der Waals surface area contributed by atoms with Crippen molar-refractivity contribution in [3.8, 4) is 0 Å². The second-order valence-electron chi connectivity index (χ2n) is 5.35. The van der Waals surface area contributed by atoms with Crippen LogP contribution in [0.5, 0.6) is 0 Å². The largest absolute Gasteiger partial charge is 0.381 e. The Kier molecular flexibility index (Phi) is 3.52. The van der Waals surface area contributed by atoms with Gasteiger partial charge in [0.1, 0.15) is 0 Å². The molecule has 2 rings (SSSR count). The lowest BCUT2D eigenvalue weighted by Crippen LogP contribution is -2.53. The number of imide groups is 1. The number of carbonyl (C=O) groups is 2. The van der Waals surface area contributed by atoms with Gasteiger partial charge in [0.2, 0.25) is 11.8 Å². The molecule has 1 spiro atoms. The first-order valence-electron chi connectivity index (χ1n) is 6.48. The lowest BCUT2D eigenvalue weighted by atomic mass is 9.61. The van der Waals surface area contributed by atoms with Crippen LogP contribution in [0, 0.1) is 11.3 Å². The van der Waals surface area contributed by atoms with Gasteiger partial charge in [-0.05, 0) is 37.5 Å². The van der Waals surface area contributed by atoms with Crippen molar-refractivity contribution in [1.82, 2.24) is 5.32 Å². The van der Waals surface area contributed by atoms with Crippen molar-refractivity contribution in [2.45, 2.75) is 51.6 Å². The van der Waals surface area contributed by atoms with Crippen LogP contribution in [-0.4, -0.2) is 25.0 Å². The molecule has 0 aromatic carbocycles. The average molecular weight is 239 g/mol. The van der Waals surface area contributed by atoms with Crippen molar-refractivity contribution in [2.75, 3.05) is 7.11 Å². The molecule has 1 atom stereocenters. The van der Waals surface area contributed by atoms with Crippen LogP contribution in [0.25, 0.3) is 0 Å². The quantitative estimate of drug-likeness (QED) is 0.745. The van der Waals surface area contributed by atoms with Crippen molar-refractivity contribution in [1.29, 1.82) is 0 Å². The summed E-state index contributed by atoms with van der Waals surface area (Å²) in [5.41, 5.74) is -0.0941. The highest BCUT2D eigenvalue weighted by molar-refractivity contribution is 5.99. The van der Waals surface area contributed by atoms with Crippen LogP contribution in [0.3, 0.4) is 0 Å². The monoisotopic (exact) mass is 239 g/mol. The molecule has 4 heteroatoms. The van der Waals surface area contributed by atoms with Gasteiger partial charge in [-0.15, -0.1) is 0 Å². The molecule has 0 bridgehead atoms. The smallest absolute Gasteiger partial charge is 0.230 e. The van der Waals surface area contributed by atoms with Crippen LogP contribution in [0.1, 0.15) is 45.4 Å². The number of hydrogen-bond donors (Lipinski definition) is 1. The van der Waals surface area contributed by atoms with E-state index in [9.17, 15) is 9.59 Å². The number of amides is 2. The molecule has 0 aromatic heterocycles. The van der Waals surface area contributed by atoms with Crippen LogP contribution >= 0.6 is 0 Å². The number of rotatable bonds is 2. The van der Waals surface area contributed by atoms with E-state index < -0.39 is 0 Å². The van der Waals surface area contributed by atoms with E-state index in [1.165, 1.54) is 0 Å². The van der Waals surface area contributed by atoms with Gasteiger partial charge in [-0.2, -0.15) is 0 Å². The maximum atomic E-state index is 11.9. The third-order valence-electron chi connectivity index (χ3n) is 4.50. The Bertz CT molecular complexity index is 319. The number of piperidine rings is 1. The average Bonchev–Trinajstić information content (AvgIpc) is 2.29. The second-order valence-corrected chi connectivity index (χ2v) is 5.35. The zero-order chi connectivity index (χ0) is 12.5. The summed E-state index contributed by atoms with van der Waals surface area (Å²) in [7, 11) is 1.73. The zero-order valence-corrected chi connectivity index (χ0v) is 10.6.